The van der Waals surface area contributed by atoms with E-state index in [9.17, 15) is 24.1 Å². The number of nitro groups is 1. The SMILES string of the molecule is CC(C)(C)OC(=O)c1sc(-c2ccc(F)c(NC3CCN(SCc4cccc([N+](=O)[O-])c4)CC3)c2)c(Cl)c1OCC=O. The normalized spacial score (nSPS) is 14.4. The van der Waals surface area contributed by atoms with E-state index in [1.807, 2.05) is 6.07 Å². The van der Waals surface area contributed by atoms with Gasteiger partial charge in [0.2, 0.25) is 0 Å². The van der Waals surface area contributed by atoms with Crippen LogP contribution >= 0.6 is 34.9 Å². The number of thiophene rings is 1. The summed E-state index contributed by atoms with van der Waals surface area (Å²) in [6.45, 7) is 6.48. The third-order valence-electron chi connectivity index (χ3n) is 6.27. The van der Waals surface area contributed by atoms with Crippen LogP contribution in [0.1, 0.15) is 48.8 Å². The van der Waals surface area contributed by atoms with Crippen LogP contribution in [-0.4, -0.2) is 52.8 Å². The number of nitro benzene ring substituents is 1. The van der Waals surface area contributed by atoms with Crippen LogP contribution in [0.25, 0.3) is 10.4 Å². The van der Waals surface area contributed by atoms with Gasteiger partial charge in [0.1, 0.15) is 23.0 Å². The zero-order valence-corrected chi connectivity index (χ0v) is 25.7. The molecule has 1 fully saturated rings. The molecule has 1 aromatic heterocycles. The first-order chi connectivity index (χ1) is 19.9. The minimum atomic E-state index is -0.751. The van der Waals surface area contributed by atoms with Crippen molar-refractivity contribution >= 4 is 58.5 Å². The Balaban J connectivity index is 1.43. The highest BCUT2D eigenvalue weighted by atomic mass is 35.5. The number of aldehydes is 1. The maximum absolute atomic E-state index is 14.9. The van der Waals surface area contributed by atoms with Crippen molar-refractivity contribution in [3.63, 3.8) is 0 Å². The van der Waals surface area contributed by atoms with E-state index in [1.54, 1.807) is 57.0 Å². The van der Waals surface area contributed by atoms with Crippen LogP contribution in [0.15, 0.2) is 42.5 Å². The van der Waals surface area contributed by atoms with E-state index >= 15 is 0 Å². The quantitative estimate of drug-likeness (QED) is 0.0758. The smallest absolute Gasteiger partial charge is 0.352 e. The van der Waals surface area contributed by atoms with Crippen molar-refractivity contribution in [2.24, 2.45) is 0 Å². The van der Waals surface area contributed by atoms with E-state index in [1.165, 1.54) is 12.1 Å². The molecule has 3 aromatic rings. The molecule has 1 aliphatic rings. The first kappa shape index (κ1) is 31.7. The molecule has 0 saturated carbocycles. The molecule has 4 rings (SSSR count). The van der Waals surface area contributed by atoms with Gasteiger partial charge < -0.3 is 14.8 Å². The third kappa shape index (κ3) is 8.21. The Bertz CT molecular complexity index is 1450. The molecule has 1 aliphatic heterocycles. The van der Waals surface area contributed by atoms with Gasteiger partial charge in [-0.3, -0.25) is 19.2 Å². The molecule has 224 valence electrons. The number of carbonyl (C=O) groups is 2. The van der Waals surface area contributed by atoms with E-state index in [4.69, 9.17) is 21.1 Å². The zero-order valence-electron chi connectivity index (χ0n) is 23.4. The van der Waals surface area contributed by atoms with E-state index < -0.39 is 22.3 Å². The standard InChI is InChI=1S/C29H31ClFN3O6S2/c1-29(2,3)40-28(36)27-25(39-14-13-35)24(30)26(42-27)19-7-8-22(31)23(16-19)32-20-9-11-33(12-10-20)41-17-18-5-4-6-21(15-18)34(37)38/h4-8,13,15-16,20,32H,9-12,14,17H2,1-3H3. The Labute approximate surface area is 256 Å². The maximum atomic E-state index is 14.9. The summed E-state index contributed by atoms with van der Waals surface area (Å²) < 4.78 is 28.1. The number of carbonyl (C=O) groups excluding carboxylic acids is 2. The van der Waals surface area contributed by atoms with E-state index in [-0.39, 0.29) is 34.0 Å². The molecule has 0 radical (unpaired) electrons. The fraction of sp³-hybridized carbons (Fsp3) is 0.379. The molecule has 0 atom stereocenters. The van der Waals surface area contributed by atoms with Crippen molar-refractivity contribution in [2.45, 2.75) is 51.0 Å². The van der Waals surface area contributed by atoms with Crippen molar-refractivity contribution in [3.8, 4) is 16.2 Å². The van der Waals surface area contributed by atoms with Crippen molar-refractivity contribution in [2.75, 3.05) is 25.0 Å². The Morgan fingerprint density at radius 1 is 1.26 bits per heavy atom. The van der Waals surface area contributed by atoms with Gasteiger partial charge in [0, 0.05) is 37.0 Å². The number of ether oxygens (including phenoxy) is 2. The molecule has 9 nitrogen and oxygen atoms in total. The fourth-order valence-electron chi connectivity index (χ4n) is 4.34. The predicted octanol–water partition coefficient (Wildman–Crippen LogP) is 7.37. The summed E-state index contributed by atoms with van der Waals surface area (Å²) in [6.07, 6.45) is 2.11. The molecule has 1 saturated heterocycles. The number of rotatable bonds is 11. The lowest BCUT2D eigenvalue weighted by atomic mass is 10.1. The summed E-state index contributed by atoms with van der Waals surface area (Å²) in [7, 11) is 0. The number of nitrogens with one attached hydrogen (secondary N) is 1. The van der Waals surface area contributed by atoms with Gasteiger partial charge in [-0.05, 0) is 56.9 Å². The van der Waals surface area contributed by atoms with Crippen molar-refractivity contribution < 1.29 is 28.4 Å². The number of hydrogen-bond donors (Lipinski definition) is 1. The van der Waals surface area contributed by atoms with Crippen molar-refractivity contribution in [1.29, 1.82) is 0 Å². The first-order valence-corrected chi connectivity index (χ1v) is 15.4. The molecular formula is C29H31ClFN3O6S2. The molecule has 0 amide bonds. The summed E-state index contributed by atoms with van der Waals surface area (Å²) in [5.74, 6) is -0.357. The number of anilines is 1. The molecule has 0 unspecified atom stereocenters. The lowest BCUT2D eigenvalue weighted by molar-refractivity contribution is -0.384. The number of nitrogens with zero attached hydrogens (tertiary/aromatic N) is 2. The minimum Gasteiger partial charge on any atom is -0.483 e. The zero-order chi connectivity index (χ0) is 30.4. The molecule has 0 bridgehead atoms. The number of benzene rings is 2. The van der Waals surface area contributed by atoms with Crippen LogP contribution in [0.4, 0.5) is 15.8 Å². The van der Waals surface area contributed by atoms with Gasteiger partial charge in [-0.1, -0.05) is 41.7 Å². The highest BCUT2D eigenvalue weighted by Gasteiger charge is 2.29. The molecular weight excluding hydrogens is 605 g/mol. The van der Waals surface area contributed by atoms with Gasteiger partial charge >= 0.3 is 5.97 Å². The van der Waals surface area contributed by atoms with Gasteiger partial charge in [-0.2, -0.15) is 0 Å². The average molecular weight is 636 g/mol. The number of halogens is 2. The lowest BCUT2D eigenvalue weighted by Crippen LogP contribution is -2.35. The molecule has 1 N–H and O–H groups in total. The predicted molar refractivity (Wildman–Crippen MR) is 164 cm³/mol. The highest BCUT2D eigenvalue weighted by molar-refractivity contribution is 7.96. The number of piperidine rings is 1. The van der Waals surface area contributed by atoms with Gasteiger partial charge in [0.05, 0.1) is 15.5 Å². The topological polar surface area (TPSA) is 111 Å². The van der Waals surface area contributed by atoms with Crippen LogP contribution in [0, 0.1) is 15.9 Å². The summed E-state index contributed by atoms with van der Waals surface area (Å²) in [6, 6.07) is 11.2. The van der Waals surface area contributed by atoms with Crippen LogP contribution < -0.4 is 10.1 Å². The maximum Gasteiger partial charge on any atom is 0.352 e. The van der Waals surface area contributed by atoms with Crippen molar-refractivity contribution in [3.05, 3.63) is 73.9 Å². The summed E-state index contributed by atoms with van der Waals surface area (Å²) >= 11 is 9.30. The summed E-state index contributed by atoms with van der Waals surface area (Å²) in [5.41, 5.74) is 1.11. The summed E-state index contributed by atoms with van der Waals surface area (Å²) in [4.78, 5) is 35.1. The molecule has 0 aliphatic carbocycles. The molecule has 42 heavy (non-hydrogen) atoms. The third-order valence-corrected chi connectivity index (χ3v) is 9.13. The highest BCUT2D eigenvalue weighted by Crippen LogP contribution is 2.46. The lowest BCUT2D eigenvalue weighted by Gasteiger charge is -2.32. The molecule has 2 aromatic carbocycles. The van der Waals surface area contributed by atoms with Crippen LogP contribution in [0.2, 0.25) is 5.02 Å². The van der Waals surface area contributed by atoms with Gasteiger partial charge in [-0.25, -0.2) is 9.18 Å². The average Bonchev–Trinajstić information content (AvgIpc) is 3.28. The van der Waals surface area contributed by atoms with Crippen LogP contribution in [0.3, 0.4) is 0 Å². The Morgan fingerprint density at radius 2 is 2.00 bits per heavy atom. The molecule has 13 heteroatoms. The van der Waals surface area contributed by atoms with Gasteiger partial charge in [-0.15, -0.1) is 11.3 Å². The number of hydrogen-bond acceptors (Lipinski definition) is 10. The van der Waals surface area contributed by atoms with Crippen LogP contribution in [-0.2, 0) is 15.3 Å². The van der Waals surface area contributed by atoms with Gasteiger partial charge in [0.25, 0.3) is 5.69 Å². The summed E-state index contributed by atoms with van der Waals surface area (Å²) in [5, 5.41) is 14.5. The second-order valence-electron chi connectivity index (χ2n) is 10.6. The van der Waals surface area contributed by atoms with E-state index in [2.05, 4.69) is 9.62 Å². The fourth-order valence-corrected chi connectivity index (χ4v) is 6.76. The second-order valence-corrected chi connectivity index (χ2v) is 13.1. The number of non-ortho nitro benzene ring substituents is 1. The molecule has 2 heterocycles. The second kappa shape index (κ2) is 13.9. The van der Waals surface area contributed by atoms with Crippen molar-refractivity contribution in [1.82, 2.24) is 4.31 Å². The molecule has 0 spiro atoms. The Morgan fingerprint density at radius 3 is 2.67 bits per heavy atom. The first-order valence-electron chi connectivity index (χ1n) is 13.2. The van der Waals surface area contributed by atoms with E-state index in [0.29, 0.717) is 28.2 Å². The van der Waals surface area contributed by atoms with Gasteiger partial charge in [0.15, 0.2) is 16.9 Å². The Kier molecular flexibility index (Phi) is 10.5. The van der Waals surface area contributed by atoms with E-state index in [0.717, 1.165) is 42.8 Å². The van der Waals surface area contributed by atoms with Crippen LogP contribution in [0.5, 0.6) is 5.75 Å². The monoisotopic (exact) mass is 635 g/mol. The number of esters is 1. The minimum absolute atomic E-state index is 0.0343. The largest absolute Gasteiger partial charge is 0.483 e. The Hall–Kier alpha value is -3.19.